The molecule has 1 aliphatic carbocycles. The van der Waals surface area contributed by atoms with Gasteiger partial charge in [0.05, 0.1) is 37.6 Å². The zero-order valence-corrected chi connectivity index (χ0v) is 43.0. The first-order valence-corrected chi connectivity index (χ1v) is 24.7. The lowest BCUT2D eigenvalue weighted by Crippen LogP contribution is -2.35. The van der Waals surface area contributed by atoms with Gasteiger partial charge in [0.1, 0.15) is 17.3 Å². The summed E-state index contributed by atoms with van der Waals surface area (Å²) in [7, 11) is 0. The van der Waals surface area contributed by atoms with E-state index in [1.54, 1.807) is 76.0 Å². The molecule has 7 aromatic carbocycles. The Morgan fingerprint density at radius 1 is 0.622 bits per heavy atom. The van der Waals surface area contributed by atoms with Crippen LogP contribution < -0.4 is 9.30 Å². The first-order valence-electron chi connectivity index (χ1n) is 35.7. The van der Waals surface area contributed by atoms with Gasteiger partial charge in [0.2, 0.25) is 0 Å². The average Bonchev–Trinajstić information content (AvgIpc) is 0.683. The number of aryl methyl sites for hydroxylation is 1. The summed E-state index contributed by atoms with van der Waals surface area (Å²) in [5.41, 5.74) is -6.85. The molecule has 3 aromatic heterocycles. The average molecular weight is 995 g/mol. The minimum Gasteiger partial charge on any atom is -0.458 e. The molecular weight excluding hydrogens is 901 g/mol. The lowest BCUT2D eigenvalue weighted by Gasteiger charge is -2.42. The van der Waals surface area contributed by atoms with Crippen molar-refractivity contribution in [2.45, 2.75) is 136 Å². The molecule has 0 spiro atoms. The summed E-state index contributed by atoms with van der Waals surface area (Å²) < 4.78 is 212. The highest BCUT2D eigenvalue weighted by Gasteiger charge is 2.37. The maximum Gasteiger partial charge on any atom is 0.269 e. The number of hydrogen-bond donors (Lipinski definition) is 0. The largest absolute Gasteiger partial charge is 0.458 e. The fourth-order valence-electron chi connectivity index (χ4n) is 9.95. The second-order valence-electron chi connectivity index (χ2n) is 22.5. The van der Waals surface area contributed by atoms with Crippen molar-refractivity contribution < 1.29 is 39.5 Å². The van der Waals surface area contributed by atoms with Crippen LogP contribution in [0.1, 0.15) is 166 Å². The Morgan fingerprint density at radius 3 is 2.01 bits per heavy atom. The number of aromatic nitrogens is 4. The summed E-state index contributed by atoms with van der Waals surface area (Å²) in [4.78, 5) is 5.02. The quantitative estimate of drug-likeness (QED) is 0.118. The Balaban J connectivity index is 1.09. The van der Waals surface area contributed by atoms with E-state index in [0.717, 1.165) is 33.0 Å². The highest BCUT2D eigenvalue weighted by atomic mass is 16.5. The van der Waals surface area contributed by atoms with Crippen LogP contribution >= 0.6 is 0 Å². The molecule has 5 nitrogen and oxygen atoms in total. The van der Waals surface area contributed by atoms with E-state index >= 15 is 0 Å². The van der Waals surface area contributed by atoms with E-state index < -0.39 is 98.1 Å². The van der Waals surface area contributed by atoms with Crippen LogP contribution in [0.15, 0.2) is 158 Å². The Labute approximate surface area is 470 Å². The third kappa shape index (κ3) is 8.62. The van der Waals surface area contributed by atoms with Gasteiger partial charge in [-0.15, -0.1) is 0 Å². The molecule has 1 aliphatic rings. The minimum absolute atomic E-state index is 0.132. The highest BCUT2D eigenvalue weighted by molar-refractivity contribution is 6.09. The van der Waals surface area contributed by atoms with Gasteiger partial charge in [-0.05, 0) is 139 Å². The molecule has 0 saturated heterocycles. The first kappa shape index (κ1) is 29.6. The molecule has 10 aromatic rings. The first-order chi connectivity index (χ1) is 44.0. The van der Waals surface area contributed by atoms with Crippen molar-refractivity contribution in [2.75, 3.05) is 0 Å². The van der Waals surface area contributed by atoms with Gasteiger partial charge in [-0.3, -0.25) is 13.7 Å². The number of fused-ring (bicyclic) bond motifs is 5. The number of nitrogens with zero attached hydrogens (tertiary/aromatic N) is 4. The van der Waals surface area contributed by atoms with Crippen LogP contribution in [-0.4, -0.2) is 14.1 Å². The van der Waals surface area contributed by atoms with Crippen LogP contribution in [0, 0.1) is 13.2 Å². The van der Waals surface area contributed by atoms with Gasteiger partial charge in [0.15, 0.2) is 0 Å². The Kier molecular flexibility index (Phi) is 6.97. The van der Waals surface area contributed by atoms with Crippen molar-refractivity contribution in [1.82, 2.24) is 14.1 Å². The molecule has 0 atom stereocenters. The van der Waals surface area contributed by atoms with Crippen molar-refractivity contribution in [3.8, 4) is 50.9 Å². The van der Waals surface area contributed by atoms with Crippen molar-refractivity contribution in [3.05, 3.63) is 197 Å². The third-order valence-electron chi connectivity index (χ3n) is 14.0. The highest BCUT2D eigenvalue weighted by Crippen LogP contribution is 2.48. The second kappa shape index (κ2) is 17.4. The van der Waals surface area contributed by atoms with Crippen molar-refractivity contribution >= 4 is 32.8 Å². The van der Waals surface area contributed by atoms with Gasteiger partial charge >= 0.3 is 0 Å². The molecule has 5 heteroatoms. The maximum atomic E-state index is 10.1. The van der Waals surface area contributed by atoms with Gasteiger partial charge in [-0.2, -0.15) is 0 Å². The summed E-state index contributed by atoms with van der Waals surface area (Å²) in [5, 5.41) is 1.73. The van der Waals surface area contributed by atoms with Crippen molar-refractivity contribution in [1.29, 1.82) is 0 Å². The number of imidazole rings is 1. The lowest BCUT2D eigenvalue weighted by atomic mass is 9.63. The summed E-state index contributed by atoms with van der Waals surface area (Å²) in [6.07, 6.45) is -3.91. The molecule has 0 bridgehead atoms. The Hall–Kier alpha value is -7.24. The van der Waals surface area contributed by atoms with Crippen LogP contribution in [-0.2, 0) is 27.1 Å². The van der Waals surface area contributed by atoms with E-state index in [1.165, 1.54) is 12.1 Å². The van der Waals surface area contributed by atoms with E-state index in [4.69, 9.17) is 30.3 Å². The molecule has 0 saturated carbocycles. The summed E-state index contributed by atoms with van der Waals surface area (Å²) in [5.74, 6) is 1.14. The summed E-state index contributed by atoms with van der Waals surface area (Å²) in [6.45, 7) is -1.12. The smallest absolute Gasteiger partial charge is 0.269 e. The third-order valence-corrected chi connectivity index (χ3v) is 14.0. The second-order valence-corrected chi connectivity index (χ2v) is 22.5. The molecule has 11 rings (SSSR count). The molecule has 0 N–H and O–H groups in total. The van der Waals surface area contributed by atoms with Gasteiger partial charge in [0, 0.05) is 54.6 Å². The van der Waals surface area contributed by atoms with Crippen molar-refractivity contribution in [3.63, 3.8) is 0 Å². The van der Waals surface area contributed by atoms with Gasteiger partial charge in [-0.1, -0.05) is 193 Å². The molecule has 0 unspecified atom stereocenters. The van der Waals surface area contributed by atoms with Crippen LogP contribution in [0.5, 0.6) is 11.5 Å². The van der Waals surface area contributed by atoms with Crippen LogP contribution in [0.3, 0.4) is 0 Å². The van der Waals surface area contributed by atoms with E-state index in [0.29, 0.717) is 50.7 Å². The molecule has 0 amide bonds. The predicted molar refractivity (Wildman–Crippen MR) is 309 cm³/mol. The van der Waals surface area contributed by atoms with E-state index in [1.807, 2.05) is 79.9 Å². The molecule has 74 heavy (non-hydrogen) atoms. The van der Waals surface area contributed by atoms with E-state index in [-0.39, 0.29) is 27.6 Å². The van der Waals surface area contributed by atoms with Gasteiger partial charge in [0.25, 0.3) is 6.33 Å². The zero-order chi connectivity index (χ0) is 71.0. The zero-order valence-electron chi connectivity index (χ0n) is 65.0. The number of para-hydroxylation sites is 4. The fraction of sp³-hybridized carbons (Fsp3) is 0.304. The molecule has 0 aliphatic heterocycles. The van der Waals surface area contributed by atoms with Crippen LogP contribution in [0.4, 0.5) is 0 Å². The minimum atomic E-state index is -4.50. The molecule has 3 heterocycles. The number of ether oxygens (including phenoxy) is 1. The predicted octanol–water partition coefficient (Wildman–Crippen LogP) is 17.9. The SMILES string of the molecule is [2H]c1c([2H])c2c(c([2H])c1-c1cccc(C(C)(C)C)c1-[n+]1[c-]n(-c3cccc(Oc4ccc5c6ccccc6n(-c6cc(C([2H])([2H])[2H])c(-c7cc(C(C)(C)C)cc(C(C)(C)C)c7)cn6)c5c4)c3)c3ccccc31)C(C([2H])([2H])[2H])(C([2H])([2H])[2H])C([2H])([2H])C([2H])([2H])C2(C([2H])([2H])[2H])C([2H])([2H])[2H]. The van der Waals surface area contributed by atoms with Crippen LogP contribution in [0.25, 0.3) is 72.3 Å². The van der Waals surface area contributed by atoms with Gasteiger partial charge in [-0.25, -0.2) is 4.98 Å². The molecule has 0 radical (unpaired) electrons. The normalized spacial score (nSPS) is 21.3. The number of pyridine rings is 1. The van der Waals surface area contributed by atoms with Gasteiger partial charge < -0.3 is 4.74 Å². The standard InChI is InChI=1S/C69H72N4O/c1-44-35-63(70-42-55(44)46-36-47(65(2,3)4)39-48(37-46)66(5,6)7)73-59-26-16-15-23-53(59)54-31-30-51(41-62(54)73)74-50-22-19-21-49(40-50)71-43-72(61-28-18-17-27-60(61)71)64-52(24-20-25-57(64)67(8,9)10)45-29-32-56-58(38-45)69(13,14)34-33-68(56,11)12/h15-32,35-42H,33-34H2,1-14H3/i1D3,11D3,12D3,13D3,14D3,29D,32D,33D2,34D2,38D. The molecule has 0 fully saturated rings. The van der Waals surface area contributed by atoms with E-state index in [9.17, 15) is 9.60 Å². The van der Waals surface area contributed by atoms with E-state index in [2.05, 4.69) is 53.9 Å². The number of hydrogen-bond acceptors (Lipinski definition) is 2. The van der Waals surface area contributed by atoms with Crippen LogP contribution in [0.2, 0.25) is 0 Å². The van der Waals surface area contributed by atoms with Crippen molar-refractivity contribution in [2.24, 2.45) is 0 Å². The Morgan fingerprint density at radius 2 is 1.30 bits per heavy atom. The number of rotatable bonds is 7. The molecule has 374 valence electrons. The lowest BCUT2D eigenvalue weighted by molar-refractivity contribution is -0.572. The Bertz CT molecular complexity index is 4730. The summed E-state index contributed by atoms with van der Waals surface area (Å²) in [6, 6.07) is 36.2. The fourth-order valence-corrected chi connectivity index (χ4v) is 9.95. The molecular formula is C69H72N4O. The summed E-state index contributed by atoms with van der Waals surface area (Å²) >= 11 is 0. The monoisotopic (exact) mass is 995 g/mol. The number of benzene rings is 7. The maximum absolute atomic E-state index is 10.1. The topological polar surface area (TPSA) is 35.9 Å².